The van der Waals surface area contributed by atoms with Crippen LogP contribution < -0.4 is 15.6 Å². The van der Waals surface area contributed by atoms with Gasteiger partial charge in [0.05, 0.1) is 5.02 Å². The Morgan fingerprint density at radius 1 is 1.04 bits per heavy atom. The molecule has 0 saturated heterocycles. The molecule has 0 aliphatic carbocycles. The van der Waals surface area contributed by atoms with Gasteiger partial charge < -0.3 is 4.74 Å². The SMILES string of the molecule is C[C@H](Oc1cc(Cl)ccc1Cl)C(=O)NNC(=O)c1ccccc1. The van der Waals surface area contributed by atoms with Gasteiger partial charge >= 0.3 is 0 Å². The molecule has 0 aliphatic rings. The molecule has 2 N–H and O–H groups in total. The molecule has 0 aromatic heterocycles. The molecule has 2 aromatic rings. The van der Waals surface area contributed by atoms with E-state index in [1.165, 1.54) is 13.0 Å². The predicted molar refractivity (Wildman–Crippen MR) is 88.6 cm³/mol. The van der Waals surface area contributed by atoms with Crippen molar-refractivity contribution in [2.24, 2.45) is 0 Å². The summed E-state index contributed by atoms with van der Waals surface area (Å²) in [5.74, 6) is -0.659. The second kappa shape index (κ2) is 7.85. The minimum Gasteiger partial charge on any atom is -0.479 e. The van der Waals surface area contributed by atoms with Crippen molar-refractivity contribution in [2.75, 3.05) is 0 Å². The normalized spacial score (nSPS) is 11.4. The Morgan fingerprint density at radius 2 is 1.74 bits per heavy atom. The fraction of sp³-hybridized carbons (Fsp3) is 0.125. The standard InChI is InChI=1S/C16H14Cl2N2O3/c1-10(23-14-9-12(17)7-8-13(14)18)15(21)19-20-16(22)11-5-3-2-4-6-11/h2-10H,1H3,(H,19,21)(H,20,22)/t10-/m0/s1. The second-order valence-electron chi connectivity index (χ2n) is 4.64. The molecule has 0 spiro atoms. The minimum absolute atomic E-state index is 0.288. The number of hydrogen-bond acceptors (Lipinski definition) is 3. The second-order valence-corrected chi connectivity index (χ2v) is 5.49. The molecule has 0 fully saturated rings. The highest BCUT2D eigenvalue weighted by Crippen LogP contribution is 2.28. The molecule has 7 heteroatoms. The van der Waals surface area contributed by atoms with Crippen molar-refractivity contribution in [3.8, 4) is 5.75 Å². The predicted octanol–water partition coefficient (Wildman–Crippen LogP) is 3.22. The van der Waals surface area contributed by atoms with Crippen LogP contribution in [0.5, 0.6) is 5.75 Å². The first-order valence-electron chi connectivity index (χ1n) is 6.74. The van der Waals surface area contributed by atoms with Crippen LogP contribution in [0.25, 0.3) is 0 Å². The molecule has 0 saturated carbocycles. The van der Waals surface area contributed by atoms with Crippen LogP contribution in [0.4, 0.5) is 0 Å². The quantitative estimate of drug-likeness (QED) is 0.830. The molecule has 0 unspecified atom stereocenters. The molecule has 1 atom stereocenters. The summed E-state index contributed by atoms with van der Waals surface area (Å²) >= 11 is 11.8. The molecule has 23 heavy (non-hydrogen) atoms. The lowest BCUT2D eigenvalue weighted by molar-refractivity contribution is -0.128. The maximum Gasteiger partial charge on any atom is 0.279 e. The summed E-state index contributed by atoms with van der Waals surface area (Å²) in [5.41, 5.74) is 5.04. The highest BCUT2D eigenvalue weighted by molar-refractivity contribution is 6.34. The van der Waals surface area contributed by atoms with E-state index in [1.807, 2.05) is 0 Å². The van der Waals surface area contributed by atoms with E-state index in [0.717, 1.165) is 0 Å². The number of hydrogen-bond donors (Lipinski definition) is 2. The van der Waals surface area contributed by atoms with Crippen LogP contribution in [0.15, 0.2) is 48.5 Å². The molecular weight excluding hydrogens is 339 g/mol. The average Bonchev–Trinajstić information content (AvgIpc) is 2.56. The van der Waals surface area contributed by atoms with Crippen LogP contribution in [0.3, 0.4) is 0 Å². The monoisotopic (exact) mass is 352 g/mol. The van der Waals surface area contributed by atoms with Crippen molar-refractivity contribution in [1.82, 2.24) is 10.9 Å². The first-order chi connectivity index (χ1) is 11.0. The van der Waals surface area contributed by atoms with Gasteiger partial charge in [-0.25, -0.2) is 0 Å². The maximum absolute atomic E-state index is 12.0. The molecule has 0 aliphatic heterocycles. The first-order valence-corrected chi connectivity index (χ1v) is 7.50. The van der Waals surface area contributed by atoms with Gasteiger partial charge in [-0.2, -0.15) is 0 Å². The number of benzene rings is 2. The van der Waals surface area contributed by atoms with Crippen molar-refractivity contribution in [1.29, 1.82) is 0 Å². The summed E-state index contributed by atoms with van der Waals surface area (Å²) in [6.45, 7) is 1.53. The summed E-state index contributed by atoms with van der Waals surface area (Å²) in [6.07, 6.45) is -0.873. The van der Waals surface area contributed by atoms with E-state index >= 15 is 0 Å². The minimum atomic E-state index is -0.873. The van der Waals surface area contributed by atoms with E-state index in [2.05, 4.69) is 10.9 Å². The molecule has 5 nitrogen and oxygen atoms in total. The lowest BCUT2D eigenvalue weighted by atomic mass is 10.2. The number of halogens is 2. The summed E-state index contributed by atoms with van der Waals surface area (Å²) in [5, 5.41) is 0.775. The van der Waals surface area contributed by atoms with Crippen molar-refractivity contribution >= 4 is 35.0 Å². The molecule has 0 radical (unpaired) electrons. The molecular formula is C16H14Cl2N2O3. The Kier molecular flexibility index (Phi) is 5.84. The summed E-state index contributed by atoms with van der Waals surface area (Å²) in [7, 11) is 0. The lowest BCUT2D eigenvalue weighted by Crippen LogP contribution is -2.47. The van der Waals surface area contributed by atoms with E-state index in [-0.39, 0.29) is 5.75 Å². The first kappa shape index (κ1) is 17.1. The lowest BCUT2D eigenvalue weighted by Gasteiger charge is -2.16. The third-order valence-corrected chi connectivity index (χ3v) is 3.45. The van der Waals surface area contributed by atoms with E-state index in [9.17, 15) is 9.59 Å². The largest absolute Gasteiger partial charge is 0.479 e. The Balaban J connectivity index is 1.90. The van der Waals surface area contributed by atoms with Crippen molar-refractivity contribution in [3.05, 3.63) is 64.1 Å². The third-order valence-electron chi connectivity index (χ3n) is 2.90. The van der Waals surface area contributed by atoms with Crippen molar-refractivity contribution < 1.29 is 14.3 Å². The molecule has 120 valence electrons. The van der Waals surface area contributed by atoms with Gasteiger partial charge in [-0.3, -0.25) is 20.4 Å². The van der Waals surface area contributed by atoms with Crippen molar-refractivity contribution in [3.63, 3.8) is 0 Å². The number of carbonyl (C=O) groups excluding carboxylic acids is 2. The van der Waals surface area contributed by atoms with Crippen molar-refractivity contribution in [2.45, 2.75) is 13.0 Å². The summed E-state index contributed by atoms with van der Waals surface area (Å²) < 4.78 is 5.45. The van der Waals surface area contributed by atoms with Gasteiger partial charge in [-0.05, 0) is 31.2 Å². The Morgan fingerprint density at radius 3 is 2.43 bits per heavy atom. The fourth-order valence-electron chi connectivity index (χ4n) is 1.69. The van der Waals surface area contributed by atoms with Crippen LogP contribution >= 0.6 is 23.2 Å². The smallest absolute Gasteiger partial charge is 0.279 e. The molecule has 2 rings (SSSR count). The molecule has 2 amide bonds. The molecule has 0 bridgehead atoms. The van der Waals surface area contributed by atoms with Gasteiger partial charge in [0.25, 0.3) is 11.8 Å². The fourth-order valence-corrected chi connectivity index (χ4v) is 2.02. The van der Waals surface area contributed by atoms with E-state index in [0.29, 0.717) is 15.6 Å². The number of carbonyl (C=O) groups is 2. The Labute approximate surface area is 143 Å². The topological polar surface area (TPSA) is 67.4 Å². The summed E-state index contributed by atoms with van der Waals surface area (Å²) in [6, 6.07) is 13.2. The highest BCUT2D eigenvalue weighted by atomic mass is 35.5. The number of amides is 2. The Hall–Kier alpha value is -2.24. The van der Waals surface area contributed by atoms with E-state index in [1.54, 1.807) is 42.5 Å². The maximum atomic E-state index is 12.0. The van der Waals surface area contributed by atoms with E-state index in [4.69, 9.17) is 27.9 Å². The molecule has 0 heterocycles. The van der Waals surface area contributed by atoms with E-state index < -0.39 is 17.9 Å². The van der Waals surface area contributed by atoms with Crippen LogP contribution in [0.2, 0.25) is 10.0 Å². The average molecular weight is 353 g/mol. The summed E-state index contributed by atoms with van der Waals surface area (Å²) in [4.78, 5) is 23.8. The van der Waals surface area contributed by atoms with Gasteiger partial charge in [-0.15, -0.1) is 0 Å². The zero-order chi connectivity index (χ0) is 16.8. The van der Waals surface area contributed by atoms with Gasteiger partial charge in [-0.1, -0.05) is 41.4 Å². The number of ether oxygens (including phenoxy) is 1. The van der Waals surface area contributed by atoms with Crippen LogP contribution in [-0.4, -0.2) is 17.9 Å². The molecule has 2 aromatic carbocycles. The van der Waals surface area contributed by atoms with Crippen LogP contribution in [0.1, 0.15) is 17.3 Å². The van der Waals surface area contributed by atoms with Crippen LogP contribution in [0, 0.1) is 0 Å². The number of nitrogens with one attached hydrogen (secondary N) is 2. The van der Waals surface area contributed by atoms with Gasteiger partial charge in [0, 0.05) is 16.7 Å². The zero-order valence-electron chi connectivity index (χ0n) is 12.2. The Bertz CT molecular complexity index is 708. The van der Waals surface area contributed by atoms with Crippen LogP contribution in [-0.2, 0) is 4.79 Å². The zero-order valence-corrected chi connectivity index (χ0v) is 13.7. The number of rotatable bonds is 4. The highest BCUT2D eigenvalue weighted by Gasteiger charge is 2.17. The van der Waals surface area contributed by atoms with Gasteiger partial charge in [0.2, 0.25) is 0 Å². The third kappa shape index (κ3) is 4.87. The van der Waals surface area contributed by atoms with Gasteiger partial charge in [0.15, 0.2) is 6.10 Å². The van der Waals surface area contributed by atoms with Gasteiger partial charge in [0.1, 0.15) is 5.75 Å². The number of hydrazine groups is 1.